The fourth-order valence-corrected chi connectivity index (χ4v) is 4.42. The van der Waals surface area contributed by atoms with E-state index in [2.05, 4.69) is 16.0 Å². The Kier molecular flexibility index (Phi) is 5.26. The standard InChI is InChI=1S/C21H29N3O7/c1-18(2)30-12-19(3,31-18)15(25)21-17(27)23-20(28,16(26)24-21)13(9-10-29-21)11-22-14-7-5-4-6-8-14/h4-8,13,15,22,25,28H,9-12H2,1-3H3,(H,23,27)(H,24,26)/t13-,15-,19-,20+,21-/m0/s1. The monoisotopic (exact) mass is 435 g/mol. The Bertz CT molecular complexity index is 866. The Morgan fingerprint density at radius 2 is 1.84 bits per heavy atom. The van der Waals surface area contributed by atoms with E-state index in [1.54, 1.807) is 20.8 Å². The number of aliphatic hydroxyl groups is 2. The van der Waals surface area contributed by atoms with Crippen LogP contribution in [0.15, 0.2) is 30.3 Å². The number of hydrogen-bond acceptors (Lipinski definition) is 8. The second kappa shape index (κ2) is 7.42. The molecule has 4 aliphatic rings. The van der Waals surface area contributed by atoms with Crippen LogP contribution in [0.4, 0.5) is 5.69 Å². The van der Waals surface area contributed by atoms with Crippen molar-refractivity contribution in [2.24, 2.45) is 5.92 Å². The van der Waals surface area contributed by atoms with Gasteiger partial charge in [0.1, 0.15) is 11.7 Å². The molecule has 4 fully saturated rings. The van der Waals surface area contributed by atoms with Crippen molar-refractivity contribution >= 4 is 17.5 Å². The van der Waals surface area contributed by atoms with Crippen molar-refractivity contribution in [2.45, 2.75) is 56.1 Å². The van der Waals surface area contributed by atoms with Crippen molar-refractivity contribution in [3.05, 3.63) is 30.3 Å². The number of nitrogens with one attached hydrogen (secondary N) is 3. The van der Waals surface area contributed by atoms with Gasteiger partial charge in [0, 0.05) is 18.2 Å². The fraction of sp³-hybridized carbons (Fsp3) is 0.619. The van der Waals surface area contributed by atoms with Crippen LogP contribution in [0.1, 0.15) is 27.2 Å². The van der Waals surface area contributed by atoms with Crippen LogP contribution in [0, 0.1) is 5.92 Å². The van der Waals surface area contributed by atoms with E-state index >= 15 is 0 Å². The highest BCUT2D eigenvalue weighted by Gasteiger charge is 2.66. The van der Waals surface area contributed by atoms with Crippen molar-refractivity contribution in [1.29, 1.82) is 0 Å². The number of carbonyl (C=O) groups excluding carboxylic acids is 2. The number of anilines is 1. The first kappa shape index (κ1) is 22.0. The van der Waals surface area contributed by atoms with Gasteiger partial charge in [0.05, 0.1) is 13.2 Å². The molecule has 31 heavy (non-hydrogen) atoms. The topological polar surface area (TPSA) is 138 Å². The highest BCUT2D eigenvalue weighted by atomic mass is 16.8. The minimum absolute atomic E-state index is 0.0106. The Balaban J connectivity index is 1.56. The number of carbonyl (C=O) groups is 2. The van der Waals surface area contributed by atoms with Gasteiger partial charge in [-0.1, -0.05) is 18.2 Å². The van der Waals surface area contributed by atoms with Crippen LogP contribution in [0.2, 0.25) is 0 Å². The quantitative estimate of drug-likeness (QED) is 0.424. The zero-order valence-corrected chi connectivity index (χ0v) is 17.8. The van der Waals surface area contributed by atoms with E-state index in [1.807, 2.05) is 30.3 Å². The second-order valence-corrected chi connectivity index (χ2v) is 9.00. The summed E-state index contributed by atoms with van der Waals surface area (Å²) >= 11 is 0. The Labute approximate surface area is 180 Å². The number of ether oxygens (including phenoxy) is 3. The molecule has 0 aromatic heterocycles. The zero-order chi connectivity index (χ0) is 22.5. The molecule has 2 bridgehead atoms. The van der Waals surface area contributed by atoms with Crippen molar-refractivity contribution in [3.8, 4) is 0 Å². The molecule has 0 unspecified atom stereocenters. The van der Waals surface area contributed by atoms with Crippen molar-refractivity contribution in [1.82, 2.24) is 10.6 Å². The Hall–Kier alpha value is -2.24. The molecule has 4 saturated heterocycles. The van der Waals surface area contributed by atoms with Crippen LogP contribution in [0.25, 0.3) is 0 Å². The summed E-state index contributed by atoms with van der Waals surface area (Å²) < 4.78 is 17.2. The molecule has 5 N–H and O–H groups in total. The largest absolute Gasteiger partial charge is 0.385 e. The fourth-order valence-electron chi connectivity index (χ4n) is 4.42. The smallest absolute Gasteiger partial charge is 0.278 e. The molecular weight excluding hydrogens is 406 g/mol. The molecule has 4 aliphatic heterocycles. The second-order valence-electron chi connectivity index (χ2n) is 9.00. The molecule has 0 saturated carbocycles. The minimum Gasteiger partial charge on any atom is -0.385 e. The molecule has 1 aromatic rings. The lowest BCUT2D eigenvalue weighted by Gasteiger charge is -2.51. The van der Waals surface area contributed by atoms with Gasteiger partial charge in [-0.05, 0) is 39.3 Å². The van der Waals surface area contributed by atoms with Gasteiger partial charge < -0.3 is 40.4 Å². The van der Waals surface area contributed by atoms with Crippen molar-refractivity contribution < 1.29 is 34.0 Å². The molecular formula is C21H29N3O7. The first-order valence-corrected chi connectivity index (χ1v) is 10.3. The molecule has 0 radical (unpaired) electrons. The third-order valence-corrected chi connectivity index (χ3v) is 6.15. The number of piperazine rings is 1. The van der Waals surface area contributed by atoms with Crippen molar-refractivity contribution in [3.63, 3.8) is 0 Å². The zero-order valence-electron chi connectivity index (χ0n) is 17.8. The van der Waals surface area contributed by atoms with Crippen LogP contribution in [-0.4, -0.2) is 70.7 Å². The molecule has 5 atom stereocenters. The molecule has 170 valence electrons. The van der Waals surface area contributed by atoms with Gasteiger partial charge >= 0.3 is 0 Å². The molecule has 4 heterocycles. The summed E-state index contributed by atoms with van der Waals surface area (Å²) in [6.45, 7) is 5.18. The van der Waals surface area contributed by atoms with E-state index in [1.165, 1.54) is 0 Å². The first-order chi connectivity index (χ1) is 14.5. The highest BCUT2D eigenvalue weighted by molar-refractivity contribution is 6.01. The molecule has 10 heteroatoms. The van der Waals surface area contributed by atoms with Crippen LogP contribution < -0.4 is 16.0 Å². The van der Waals surface area contributed by atoms with E-state index in [0.717, 1.165) is 5.69 Å². The van der Waals surface area contributed by atoms with Gasteiger partial charge in [0.15, 0.2) is 5.79 Å². The van der Waals surface area contributed by atoms with E-state index in [9.17, 15) is 19.8 Å². The van der Waals surface area contributed by atoms with Crippen molar-refractivity contribution in [2.75, 3.05) is 25.1 Å². The van der Waals surface area contributed by atoms with Gasteiger partial charge in [-0.15, -0.1) is 0 Å². The number of amides is 2. The number of para-hydroxylation sites is 1. The lowest BCUT2D eigenvalue weighted by atomic mass is 9.82. The number of rotatable bonds is 5. The number of aliphatic hydroxyl groups excluding tert-OH is 1. The average Bonchev–Trinajstić information content (AvgIpc) is 3.01. The predicted molar refractivity (Wildman–Crippen MR) is 108 cm³/mol. The molecule has 0 aliphatic carbocycles. The van der Waals surface area contributed by atoms with E-state index in [0.29, 0.717) is 0 Å². The normalized spacial score (nSPS) is 38.0. The van der Waals surface area contributed by atoms with Crippen LogP contribution in [0.5, 0.6) is 0 Å². The molecule has 5 rings (SSSR count). The van der Waals surface area contributed by atoms with Gasteiger partial charge in [-0.25, -0.2) is 0 Å². The maximum atomic E-state index is 13.1. The molecule has 10 nitrogen and oxygen atoms in total. The summed E-state index contributed by atoms with van der Waals surface area (Å²) in [7, 11) is 0. The maximum Gasteiger partial charge on any atom is 0.278 e. The highest BCUT2D eigenvalue weighted by Crippen LogP contribution is 2.40. The number of hydrogen-bond donors (Lipinski definition) is 5. The minimum atomic E-state index is -2.15. The van der Waals surface area contributed by atoms with Crippen LogP contribution in [-0.2, 0) is 23.8 Å². The Morgan fingerprint density at radius 1 is 1.13 bits per heavy atom. The van der Waals surface area contributed by atoms with Gasteiger partial charge in [-0.3, -0.25) is 9.59 Å². The van der Waals surface area contributed by atoms with Gasteiger partial charge in [0.25, 0.3) is 17.5 Å². The number of fused-ring (bicyclic) bond motifs is 5. The summed E-state index contributed by atoms with van der Waals surface area (Å²) in [4.78, 5) is 26.1. The van der Waals surface area contributed by atoms with E-state index < -0.39 is 46.7 Å². The first-order valence-electron chi connectivity index (χ1n) is 10.3. The van der Waals surface area contributed by atoms with Crippen LogP contribution in [0.3, 0.4) is 0 Å². The van der Waals surface area contributed by atoms with E-state index in [4.69, 9.17) is 14.2 Å². The third-order valence-electron chi connectivity index (χ3n) is 6.15. The molecule has 0 spiro atoms. The molecule has 1 aromatic carbocycles. The SMILES string of the molecule is CC1(C)OC[C@@](C)([C@H](O)[C@@]23NC(=O)[C@@](O)(NC2=O)[C@H](CNc2ccccc2)CCO3)O1. The van der Waals surface area contributed by atoms with E-state index in [-0.39, 0.29) is 26.2 Å². The summed E-state index contributed by atoms with van der Waals surface area (Å²) in [5, 5.41) is 30.3. The average molecular weight is 435 g/mol. The summed E-state index contributed by atoms with van der Waals surface area (Å²) in [5.74, 6) is -3.35. The summed E-state index contributed by atoms with van der Waals surface area (Å²) in [6.07, 6.45) is -1.33. The summed E-state index contributed by atoms with van der Waals surface area (Å²) in [5.41, 5.74) is -4.77. The van der Waals surface area contributed by atoms with Gasteiger partial charge in [0.2, 0.25) is 5.72 Å². The summed E-state index contributed by atoms with van der Waals surface area (Å²) in [6, 6.07) is 9.31. The van der Waals surface area contributed by atoms with Gasteiger partial charge in [-0.2, -0.15) is 0 Å². The lowest BCUT2D eigenvalue weighted by molar-refractivity contribution is -0.247. The predicted octanol–water partition coefficient (Wildman–Crippen LogP) is -0.332. The van der Waals surface area contributed by atoms with Crippen LogP contribution >= 0.6 is 0 Å². The lowest BCUT2D eigenvalue weighted by Crippen LogP contribution is -2.84. The third kappa shape index (κ3) is 3.68. The molecule has 2 amide bonds. The maximum absolute atomic E-state index is 13.1. The Morgan fingerprint density at radius 3 is 2.48 bits per heavy atom. The number of benzene rings is 1.